The Labute approximate surface area is 154 Å². The Balaban J connectivity index is 0.00000208. The molecule has 4 heteroatoms. The molecule has 0 saturated carbocycles. The summed E-state index contributed by atoms with van der Waals surface area (Å²) in [6.45, 7) is 0. The van der Waals surface area contributed by atoms with Crippen molar-refractivity contribution in [3.63, 3.8) is 0 Å². The third kappa shape index (κ3) is 3.96. The zero-order valence-electron chi connectivity index (χ0n) is 13.0. The lowest BCUT2D eigenvalue weighted by Crippen LogP contribution is -2.15. The second kappa shape index (κ2) is 8.29. The predicted octanol–water partition coefficient (Wildman–Crippen LogP) is 5.84. The molecular weight excluding hydrogens is 384 g/mol. The minimum absolute atomic E-state index is 0. The average Bonchev–Trinajstić information content (AvgIpc) is 2.64. The largest absolute Gasteiger partial charge is 0.342 e. The van der Waals surface area contributed by atoms with E-state index >= 15 is 0 Å². The van der Waals surface area contributed by atoms with Gasteiger partial charge in [-0.1, -0.05) is 77.0 Å². The highest BCUT2D eigenvalue weighted by Crippen LogP contribution is 2.59. The van der Waals surface area contributed by atoms with Gasteiger partial charge < -0.3 is 4.55 Å². The van der Waals surface area contributed by atoms with Crippen LogP contribution in [-0.4, -0.2) is 16.1 Å². The standard InChI is InChI=1S/C20H18O2S.BrH/c21-20(17-10-4-1-5-11-17)16-23(22,18-12-6-2-7-13-18)19-14-8-3-9-15-19;/h1-15,22H,16H2;1H. The van der Waals surface area contributed by atoms with Crippen molar-refractivity contribution in [2.24, 2.45) is 0 Å². The monoisotopic (exact) mass is 402 g/mol. The lowest BCUT2D eigenvalue weighted by molar-refractivity contribution is 0.102. The van der Waals surface area contributed by atoms with Gasteiger partial charge in [0.1, 0.15) is 0 Å². The Morgan fingerprint density at radius 2 is 1.08 bits per heavy atom. The number of hydrogen-bond donors (Lipinski definition) is 1. The van der Waals surface area contributed by atoms with E-state index in [4.69, 9.17) is 0 Å². The van der Waals surface area contributed by atoms with Gasteiger partial charge in [0.2, 0.25) is 0 Å². The number of rotatable bonds is 5. The maximum Gasteiger partial charge on any atom is 0.173 e. The number of ketones is 1. The van der Waals surface area contributed by atoms with Gasteiger partial charge in [-0.25, -0.2) is 0 Å². The summed E-state index contributed by atoms with van der Waals surface area (Å²) in [6.07, 6.45) is 0. The van der Waals surface area contributed by atoms with Gasteiger partial charge in [0.05, 0.1) is 5.75 Å². The summed E-state index contributed by atoms with van der Waals surface area (Å²) >= 11 is 0. The van der Waals surface area contributed by atoms with Crippen molar-refractivity contribution < 1.29 is 9.35 Å². The van der Waals surface area contributed by atoms with Gasteiger partial charge in [0, 0.05) is 15.4 Å². The summed E-state index contributed by atoms with van der Waals surface area (Å²) in [7, 11) is -2.39. The molecule has 0 fully saturated rings. The van der Waals surface area contributed by atoms with E-state index in [-0.39, 0.29) is 28.5 Å². The van der Waals surface area contributed by atoms with Crippen LogP contribution in [0.1, 0.15) is 10.4 Å². The van der Waals surface area contributed by atoms with Gasteiger partial charge in [-0.3, -0.25) is 4.79 Å². The van der Waals surface area contributed by atoms with Crippen molar-refractivity contribution in [3.05, 3.63) is 96.6 Å². The van der Waals surface area contributed by atoms with E-state index < -0.39 is 10.3 Å². The second-order valence-corrected chi connectivity index (χ2v) is 7.90. The van der Waals surface area contributed by atoms with E-state index in [1.807, 2.05) is 78.9 Å². The number of Topliss-reactive ketones (excluding diaryl/α,β-unsaturated/α-hetero) is 1. The molecule has 0 aliphatic rings. The highest BCUT2D eigenvalue weighted by Gasteiger charge is 2.29. The highest BCUT2D eigenvalue weighted by atomic mass is 79.9. The maximum absolute atomic E-state index is 12.7. The van der Waals surface area contributed by atoms with E-state index in [1.54, 1.807) is 12.1 Å². The van der Waals surface area contributed by atoms with E-state index in [2.05, 4.69) is 0 Å². The number of carbonyl (C=O) groups is 1. The van der Waals surface area contributed by atoms with Crippen molar-refractivity contribution >= 4 is 33.1 Å². The van der Waals surface area contributed by atoms with Gasteiger partial charge >= 0.3 is 0 Å². The molecule has 2 nitrogen and oxygen atoms in total. The first kappa shape index (κ1) is 18.5. The van der Waals surface area contributed by atoms with Crippen LogP contribution in [0.3, 0.4) is 0 Å². The molecule has 0 amide bonds. The topological polar surface area (TPSA) is 37.3 Å². The van der Waals surface area contributed by atoms with Crippen LogP contribution >= 0.6 is 27.3 Å². The molecule has 0 aliphatic heterocycles. The zero-order chi connectivity index (χ0) is 16.1. The first-order chi connectivity index (χ1) is 11.2. The quantitative estimate of drug-likeness (QED) is 0.543. The number of halogens is 1. The van der Waals surface area contributed by atoms with Crippen molar-refractivity contribution in [1.82, 2.24) is 0 Å². The van der Waals surface area contributed by atoms with Gasteiger partial charge in [0.15, 0.2) is 5.78 Å². The molecule has 3 rings (SSSR count). The average molecular weight is 403 g/mol. The summed E-state index contributed by atoms with van der Waals surface area (Å²) in [5.41, 5.74) is 0.630. The predicted molar refractivity (Wildman–Crippen MR) is 106 cm³/mol. The van der Waals surface area contributed by atoms with E-state index in [9.17, 15) is 9.35 Å². The molecule has 3 aromatic carbocycles. The van der Waals surface area contributed by atoms with Crippen LogP contribution in [0.4, 0.5) is 0 Å². The van der Waals surface area contributed by atoms with Gasteiger partial charge in [-0.05, 0) is 24.3 Å². The smallest absolute Gasteiger partial charge is 0.173 e. The number of benzene rings is 3. The minimum atomic E-state index is -2.39. The molecule has 0 heterocycles. The third-order valence-electron chi connectivity index (χ3n) is 3.70. The van der Waals surface area contributed by atoms with Crippen LogP contribution in [0.5, 0.6) is 0 Å². The summed E-state index contributed by atoms with van der Waals surface area (Å²) in [4.78, 5) is 14.3. The summed E-state index contributed by atoms with van der Waals surface area (Å²) in [6, 6.07) is 28.1. The molecule has 0 aromatic heterocycles. The van der Waals surface area contributed by atoms with Crippen LogP contribution in [0.15, 0.2) is 101 Å². The lowest BCUT2D eigenvalue weighted by atomic mass is 10.2. The van der Waals surface area contributed by atoms with Gasteiger partial charge in [0.25, 0.3) is 0 Å². The fourth-order valence-corrected chi connectivity index (χ4v) is 4.86. The molecule has 0 aliphatic carbocycles. The number of carbonyl (C=O) groups excluding carboxylic acids is 1. The third-order valence-corrected chi connectivity index (χ3v) is 6.49. The normalized spacial score (nSPS) is 11.4. The van der Waals surface area contributed by atoms with Crippen LogP contribution in [0.2, 0.25) is 0 Å². The fourth-order valence-electron chi connectivity index (χ4n) is 2.49. The minimum Gasteiger partial charge on any atom is -0.342 e. The van der Waals surface area contributed by atoms with Crippen molar-refractivity contribution in [3.8, 4) is 0 Å². The Hall–Kier alpha value is -1.88. The summed E-state index contributed by atoms with van der Waals surface area (Å²) in [5, 5.41) is 0. The molecule has 0 bridgehead atoms. The highest BCUT2D eigenvalue weighted by molar-refractivity contribution is 8.93. The van der Waals surface area contributed by atoms with Crippen LogP contribution in [0, 0.1) is 0 Å². The van der Waals surface area contributed by atoms with Crippen LogP contribution < -0.4 is 0 Å². The molecule has 124 valence electrons. The maximum atomic E-state index is 12.7. The Bertz CT molecular complexity index is 737. The molecule has 0 radical (unpaired) electrons. The first-order valence-corrected chi connectivity index (χ1v) is 9.18. The Morgan fingerprint density at radius 3 is 1.50 bits per heavy atom. The van der Waals surface area contributed by atoms with Crippen molar-refractivity contribution in [2.45, 2.75) is 9.79 Å². The SMILES string of the molecule is Br.O=C(CS(O)(c1ccccc1)c1ccccc1)c1ccccc1. The van der Waals surface area contributed by atoms with Crippen LogP contribution in [-0.2, 0) is 0 Å². The Morgan fingerprint density at radius 1 is 0.708 bits per heavy atom. The van der Waals surface area contributed by atoms with Crippen molar-refractivity contribution in [2.75, 3.05) is 5.75 Å². The lowest BCUT2D eigenvalue weighted by Gasteiger charge is -2.34. The molecule has 0 saturated heterocycles. The molecule has 24 heavy (non-hydrogen) atoms. The summed E-state index contributed by atoms with van der Waals surface area (Å²) < 4.78 is 11.4. The van der Waals surface area contributed by atoms with E-state index in [0.29, 0.717) is 5.56 Å². The van der Waals surface area contributed by atoms with Gasteiger partial charge in [-0.2, -0.15) is 0 Å². The molecule has 0 unspecified atom stereocenters. The fraction of sp³-hybridized carbons (Fsp3) is 0.0500. The molecule has 0 spiro atoms. The zero-order valence-corrected chi connectivity index (χ0v) is 15.6. The summed E-state index contributed by atoms with van der Waals surface area (Å²) in [5.74, 6) is 0.0428. The molecular formula is C20H19BrO2S. The molecule has 3 aromatic rings. The first-order valence-electron chi connectivity index (χ1n) is 7.42. The molecule has 1 N–H and O–H groups in total. The van der Waals surface area contributed by atoms with Crippen molar-refractivity contribution in [1.29, 1.82) is 0 Å². The second-order valence-electron chi connectivity index (χ2n) is 5.26. The van der Waals surface area contributed by atoms with Gasteiger partial charge in [-0.15, -0.1) is 17.0 Å². The van der Waals surface area contributed by atoms with Crippen LogP contribution in [0.25, 0.3) is 0 Å². The Kier molecular flexibility index (Phi) is 6.37. The van der Waals surface area contributed by atoms with E-state index in [1.165, 1.54) is 0 Å². The van der Waals surface area contributed by atoms with E-state index in [0.717, 1.165) is 9.79 Å². The molecule has 0 atom stereocenters. The number of hydrogen-bond acceptors (Lipinski definition) is 2.